The number of hydrogen-bond acceptors (Lipinski definition) is 7. The first-order chi connectivity index (χ1) is 14.5. The van der Waals surface area contributed by atoms with Gasteiger partial charge in [0.15, 0.2) is 29.6 Å². The number of rotatable bonds is 7. The molecule has 0 bridgehead atoms. The molecule has 0 radical (unpaired) electrons. The van der Waals surface area contributed by atoms with Gasteiger partial charge in [0.1, 0.15) is 0 Å². The summed E-state index contributed by atoms with van der Waals surface area (Å²) in [6.07, 6.45) is 0.721. The van der Waals surface area contributed by atoms with Crippen molar-refractivity contribution in [3.63, 3.8) is 0 Å². The molecule has 3 rings (SSSR count). The van der Waals surface area contributed by atoms with E-state index in [2.05, 4.69) is 0 Å². The van der Waals surface area contributed by atoms with Gasteiger partial charge in [-0.05, 0) is 47.9 Å². The second-order valence-electron chi connectivity index (χ2n) is 6.69. The quantitative estimate of drug-likeness (QED) is 0.643. The van der Waals surface area contributed by atoms with Gasteiger partial charge in [0.25, 0.3) is 5.91 Å². The van der Waals surface area contributed by atoms with Crippen molar-refractivity contribution in [3.05, 3.63) is 47.0 Å². The van der Waals surface area contributed by atoms with Crippen molar-refractivity contribution in [2.24, 2.45) is 0 Å². The molecule has 0 unspecified atom stereocenters. The van der Waals surface area contributed by atoms with Crippen molar-refractivity contribution in [1.82, 2.24) is 4.90 Å². The van der Waals surface area contributed by atoms with Crippen molar-refractivity contribution in [3.8, 4) is 23.0 Å². The van der Waals surface area contributed by atoms with Gasteiger partial charge in [-0.25, -0.2) is 4.79 Å². The lowest BCUT2D eigenvalue weighted by Crippen LogP contribution is -2.38. The number of amides is 1. The smallest absolute Gasteiger partial charge is 0.337 e. The molecule has 0 saturated carbocycles. The third-order valence-corrected chi connectivity index (χ3v) is 5.01. The first-order valence-electron chi connectivity index (χ1n) is 9.41. The van der Waals surface area contributed by atoms with E-state index in [9.17, 15) is 9.59 Å². The summed E-state index contributed by atoms with van der Waals surface area (Å²) < 4.78 is 26.4. The largest absolute Gasteiger partial charge is 0.493 e. The summed E-state index contributed by atoms with van der Waals surface area (Å²) in [7, 11) is 5.96. The highest BCUT2D eigenvalue weighted by Gasteiger charge is 2.23. The van der Waals surface area contributed by atoms with Crippen molar-refractivity contribution >= 4 is 11.9 Å². The Morgan fingerprint density at radius 3 is 2.13 bits per heavy atom. The Labute approximate surface area is 175 Å². The maximum atomic E-state index is 12.7. The van der Waals surface area contributed by atoms with Crippen LogP contribution in [0.5, 0.6) is 23.0 Å². The molecule has 1 aliphatic rings. The van der Waals surface area contributed by atoms with E-state index in [4.69, 9.17) is 23.7 Å². The maximum Gasteiger partial charge on any atom is 0.337 e. The molecular formula is C22H25NO7. The summed E-state index contributed by atoms with van der Waals surface area (Å²) in [6, 6.07) is 8.53. The molecule has 2 aromatic rings. The van der Waals surface area contributed by atoms with Gasteiger partial charge >= 0.3 is 5.97 Å². The van der Waals surface area contributed by atoms with Crippen LogP contribution in [0.1, 0.15) is 21.5 Å². The molecule has 0 N–H and O–H groups in total. The molecule has 8 nitrogen and oxygen atoms in total. The molecule has 160 valence electrons. The maximum absolute atomic E-state index is 12.7. The second kappa shape index (κ2) is 9.39. The van der Waals surface area contributed by atoms with Crippen molar-refractivity contribution < 1.29 is 33.3 Å². The number of esters is 1. The van der Waals surface area contributed by atoms with Gasteiger partial charge < -0.3 is 28.6 Å². The fourth-order valence-electron chi connectivity index (χ4n) is 3.36. The highest BCUT2D eigenvalue weighted by Crippen LogP contribution is 2.33. The van der Waals surface area contributed by atoms with E-state index >= 15 is 0 Å². The van der Waals surface area contributed by atoms with E-state index in [-0.39, 0.29) is 12.5 Å². The minimum atomic E-state index is -0.477. The lowest BCUT2D eigenvalue weighted by Gasteiger charge is -2.29. The monoisotopic (exact) mass is 415 g/mol. The Morgan fingerprint density at radius 1 is 0.867 bits per heavy atom. The highest BCUT2D eigenvalue weighted by molar-refractivity contribution is 5.90. The minimum absolute atomic E-state index is 0.142. The van der Waals surface area contributed by atoms with Crippen molar-refractivity contribution in [2.45, 2.75) is 13.0 Å². The van der Waals surface area contributed by atoms with Gasteiger partial charge in [0, 0.05) is 13.1 Å². The summed E-state index contributed by atoms with van der Waals surface area (Å²) in [5.41, 5.74) is 2.50. The molecule has 1 aliphatic heterocycles. The van der Waals surface area contributed by atoms with Crippen LogP contribution < -0.4 is 18.9 Å². The zero-order valence-corrected chi connectivity index (χ0v) is 17.5. The summed E-state index contributed by atoms with van der Waals surface area (Å²) in [5.74, 6) is 1.43. The number of carbonyl (C=O) groups is 2. The van der Waals surface area contributed by atoms with E-state index in [1.165, 1.54) is 20.3 Å². The van der Waals surface area contributed by atoms with Gasteiger partial charge in [0.05, 0.1) is 34.0 Å². The van der Waals surface area contributed by atoms with Crippen LogP contribution in [0, 0.1) is 0 Å². The summed E-state index contributed by atoms with van der Waals surface area (Å²) in [6.45, 7) is 0.913. The number of ether oxygens (including phenoxy) is 5. The standard InChI is InChI=1S/C22H25NO7/c1-26-18-10-15(22(25)29-4)5-6-17(18)30-13-21(24)23-8-7-14-9-19(27-2)20(28-3)11-16(14)12-23/h5-6,9-11H,7-8,12-13H2,1-4H3. The number of nitrogens with zero attached hydrogens (tertiary/aromatic N) is 1. The van der Waals surface area contributed by atoms with Crippen LogP contribution in [0.15, 0.2) is 30.3 Å². The Kier molecular flexibility index (Phi) is 6.66. The van der Waals surface area contributed by atoms with E-state index in [0.717, 1.165) is 17.5 Å². The molecule has 0 atom stereocenters. The van der Waals surface area contributed by atoms with Crippen LogP contribution >= 0.6 is 0 Å². The predicted molar refractivity (Wildman–Crippen MR) is 108 cm³/mol. The number of carbonyl (C=O) groups excluding carboxylic acids is 2. The van der Waals surface area contributed by atoms with Crippen LogP contribution in [0.4, 0.5) is 0 Å². The van der Waals surface area contributed by atoms with E-state index in [1.807, 2.05) is 12.1 Å². The Morgan fingerprint density at radius 2 is 1.50 bits per heavy atom. The molecule has 0 saturated heterocycles. The average molecular weight is 415 g/mol. The molecule has 30 heavy (non-hydrogen) atoms. The Hall–Kier alpha value is -3.42. The summed E-state index contributed by atoms with van der Waals surface area (Å²) in [5, 5.41) is 0. The van der Waals surface area contributed by atoms with Gasteiger partial charge in [0.2, 0.25) is 0 Å². The Balaban J connectivity index is 1.67. The van der Waals surface area contributed by atoms with E-state index in [1.54, 1.807) is 31.3 Å². The summed E-state index contributed by atoms with van der Waals surface area (Å²) >= 11 is 0. The average Bonchev–Trinajstić information content (AvgIpc) is 2.80. The molecule has 1 amide bonds. The van der Waals surface area contributed by atoms with Gasteiger partial charge in [-0.3, -0.25) is 4.79 Å². The number of methoxy groups -OCH3 is 4. The van der Waals surface area contributed by atoms with Crippen LogP contribution in [0.2, 0.25) is 0 Å². The SMILES string of the molecule is COC(=O)c1ccc(OCC(=O)N2CCc3cc(OC)c(OC)cc3C2)c(OC)c1. The number of hydrogen-bond donors (Lipinski definition) is 0. The predicted octanol–water partition coefficient (Wildman–Crippen LogP) is 2.46. The van der Waals surface area contributed by atoms with Crippen LogP contribution in [0.25, 0.3) is 0 Å². The molecule has 0 aromatic heterocycles. The topological polar surface area (TPSA) is 83.5 Å². The van der Waals surface area contributed by atoms with Gasteiger partial charge in [-0.1, -0.05) is 0 Å². The van der Waals surface area contributed by atoms with Crippen LogP contribution in [-0.2, 0) is 22.5 Å². The zero-order chi connectivity index (χ0) is 21.7. The molecule has 0 fully saturated rings. The molecule has 1 heterocycles. The third kappa shape index (κ3) is 4.42. The fraction of sp³-hybridized carbons (Fsp3) is 0.364. The molecule has 2 aromatic carbocycles. The van der Waals surface area contributed by atoms with Gasteiger partial charge in [-0.2, -0.15) is 0 Å². The lowest BCUT2D eigenvalue weighted by molar-refractivity contribution is -0.134. The fourth-order valence-corrected chi connectivity index (χ4v) is 3.36. The summed E-state index contributed by atoms with van der Waals surface area (Å²) in [4.78, 5) is 26.1. The molecule has 0 aliphatic carbocycles. The van der Waals surface area contributed by atoms with E-state index < -0.39 is 5.97 Å². The van der Waals surface area contributed by atoms with Crippen molar-refractivity contribution in [2.75, 3.05) is 41.6 Å². The third-order valence-electron chi connectivity index (χ3n) is 5.01. The Bertz CT molecular complexity index is 941. The van der Waals surface area contributed by atoms with Crippen LogP contribution in [-0.4, -0.2) is 58.4 Å². The molecular weight excluding hydrogens is 390 g/mol. The first kappa shape index (κ1) is 21.3. The van der Waals surface area contributed by atoms with E-state index in [0.29, 0.717) is 41.7 Å². The number of fused-ring (bicyclic) bond motifs is 1. The minimum Gasteiger partial charge on any atom is -0.493 e. The van der Waals surface area contributed by atoms with Crippen molar-refractivity contribution in [1.29, 1.82) is 0 Å². The second-order valence-corrected chi connectivity index (χ2v) is 6.69. The van der Waals surface area contributed by atoms with Crippen LogP contribution in [0.3, 0.4) is 0 Å². The normalized spacial score (nSPS) is 12.6. The lowest BCUT2D eigenvalue weighted by atomic mass is 9.99. The first-order valence-corrected chi connectivity index (χ1v) is 9.41. The number of benzene rings is 2. The molecule has 0 spiro atoms. The molecule has 8 heteroatoms. The van der Waals surface area contributed by atoms with Gasteiger partial charge in [-0.15, -0.1) is 0 Å². The zero-order valence-electron chi connectivity index (χ0n) is 17.5. The highest BCUT2D eigenvalue weighted by atomic mass is 16.5.